The number of H-pyrrole nitrogens is 1. The van der Waals surface area contributed by atoms with E-state index in [0.717, 1.165) is 6.42 Å². The van der Waals surface area contributed by atoms with Gasteiger partial charge in [-0.05, 0) is 39.4 Å². The Hall–Kier alpha value is -1.30. The zero-order chi connectivity index (χ0) is 42.3. The number of phosphoric acid groups is 3. The summed E-state index contributed by atoms with van der Waals surface area (Å²) in [6.07, 6.45) is 1.96. The summed E-state index contributed by atoms with van der Waals surface area (Å²) in [7, 11) is -9.03. The van der Waals surface area contributed by atoms with E-state index in [1.165, 1.54) is 32.4 Å². The maximum atomic E-state index is 13.0. The van der Waals surface area contributed by atoms with E-state index >= 15 is 0 Å². The summed E-state index contributed by atoms with van der Waals surface area (Å²) in [6, 6.07) is 0. The Kier molecular flexibility index (Phi) is 20.8. The van der Waals surface area contributed by atoms with Crippen LogP contribution < -0.4 is 16.6 Å². The molecule has 1 fully saturated rings. The van der Waals surface area contributed by atoms with Crippen LogP contribution in [0.25, 0.3) is 11.0 Å². The molecule has 3 heterocycles. The number of ether oxygens (including phenoxy) is 5. The Morgan fingerprint density at radius 1 is 1.12 bits per heavy atom. The quantitative estimate of drug-likeness (QED) is 0.0240. The van der Waals surface area contributed by atoms with Gasteiger partial charge in [-0.15, -0.1) is 0 Å². The van der Waals surface area contributed by atoms with Crippen molar-refractivity contribution in [1.82, 2.24) is 19.9 Å². The molecule has 0 saturated carbocycles. The number of nitrogens with two attached hydrogens (primary N) is 1. The molecule has 0 aliphatic carbocycles. The molecule has 1 amide bonds. The molecule has 0 aromatic carbocycles. The second-order valence-corrected chi connectivity index (χ2v) is 22.1. The lowest BCUT2D eigenvalue weighted by Gasteiger charge is -2.22. The van der Waals surface area contributed by atoms with Crippen LogP contribution in [-0.4, -0.2) is 115 Å². The second kappa shape index (κ2) is 23.6. The number of aromatic amines is 1. The minimum absolute atomic E-state index is 0.0454. The molecule has 57 heavy (non-hydrogen) atoms. The SMILES string of the molecule is COCCC(C)(C)SSCOCCCCOC(=O)NCC#Cc1cn([C@H]2C[C@H](OCSSC)[C@@H](COP(=O)(O)OP(=O)(O)OP(=O)(O)O)O2)c2nc(N)[nH]c(=O)c12. The largest absolute Gasteiger partial charge is 0.490 e. The van der Waals surface area contributed by atoms with E-state index in [2.05, 4.69) is 49.6 Å². The van der Waals surface area contributed by atoms with Crippen LogP contribution in [0.4, 0.5) is 10.7 Å². The van der Waals surface area contributed by atoms with E-state index in [1.54, 1.807) is 28.7 Å². The van der Waals surface area contributed by atoms with Crippen molar-refractivity contribution >= 4 is 89.7 Å². The minimum Gasteiger partial charge on any atom is -0.450 e. The van der Waals surface area contributed by atoms with Crippen LogP contribution in [0.2, 0.25) is 0 Å². The molecule has 2 aromatic rings. The predicted octanol–water partition coefficient (Wildman–Crippen LogP) is 4.32. The van der Waals surface area contributed by atoms with Gasteiger partial charge in [0.25, 0.3) is 5.56 Å². The summed E-state index contributed by atoms with van der Waals surface area (Å²) in [5.41, 5.74) is 5.48. The van der Waals surface area contributed by atoms with Gasteiger partial charge in [0.05, 0.1) is 36.8 Å². The molecule has 8 N–H and O–H groups in total. The van der Waals surface area contributed by atoms with Crippen LogP contribution in [0.3, 0.4) is 0 Å². The molecule has 3 rings (SSSR count). The highest BCUT2D eigenvalue weighted by Crippen LogP contribution is 2.66. The Bertz CT molecular complexity index is 1890. The summed E-state index contributed by atoms with van der Waals surface area (Å²) in [4.78, 5) is 68.8. The number of nitrogen functional groups attached to an aromatic ring is 1. The zero-order valence-electron chi connectivity index (χ0n) is 31.1. The van der Waals surface area contributed by atoms with Crippen LogP contribution in [0.15, 0.2) is 11.0 Å². The smallest absolute Gasteiger partial charge is 0.450 e. The van der Waals surface area contributed by atoms with Gasteiger partial charge in [0, 0.05) is 37.7 Å². The molecule has 2 aromatic heterocycles. The van der Waals surface area contributed by atoms with Crippen molar-refractivity contribution in [2.24, 2.45) is 0 Å². The van der Waals surface area contributed by atoms with Crippen molar-refractivity contribution in [2.75, 3.05) is 63.9 Å². The number of nitrogens with one attached hydrogen (secondary N) is 2. The number of hydrogen-bond donors (Lipinski definition) is 7. The highest BCUT2D eigenvalue weighted by Gasteiger charge is 2.44. The maximum absolute atomic E-state index is 13.0. The summed E-state index contributed by atoms with van der Waals surface area (Å²) >= 11 is 0. The molecule has 5 atom stereocenters. The fraction of sp³-hybridized carbons (Fsp3) is 0.679. The average molecular weight is 946 g/mol. The first-order chi connectivity index (χ1) is 26.7. The fourth-order valence-electron chi connectivity index (χ4n) is 4.76. The Balaban J connectivity index is 1.59. The lowest BCUT2D eigenvalue weighted by Crippen LogP contribution is -2.28. The monoisotopic (exact) mass is 945 g/mol. The van der Waals surface area contributed by atoms with Crippen molar-refractivity contribution in [3.05, 3.63) is 22.1 Å². The molecule has 29 heteroatoms. The Morgan fingerprint density at radius 2 is 1.86 bits per heavy atom. The summed E-state index contributed by atoms with van der Waals surface area (Å²) in [5, 5.41) is 2.57. The van der Waals surface area contributed by atoms with Gasteiger partial charge in [0.2, 0.25) is 5.95 Å². The minimum atomic E-state index is -5.75. The molecule has 1 aliphatic heterocycles. The topological polar surface area (TPSA) is 312 Å². The van der Waals surface area contributed by atoms with Crippen molar-refractivity contribution in [3.63, 3.8) is 0 Å². The molecule has 0 spiro atoms. The van der Waals surface area contributed by atoms with Gasteiger partial charge < -0.3 is 58.9 Å². The van der Waals surface area contributed by atoms with E-state index in [-0.39, 0.29) is 52.8 Å². The summed E-state index contributed by atoms with van der Waals surface area (Å²) in [6.45, 7) is 4.79. The molecule has 1 aliphatic rings. The number of rotatable bonds is 25. The van der Waals surface area contributed by atoms with E-state index in [0.29, 0.717) is 32.0 Å². The predicted molar refractivity (Wildman–Crippen MR) is 216 cm³/mol. The van der Waals surface area contributed by atoms with Crippen molar-refractivity contribution in [2.45, 2.75) is 62.7 Å². The standard InChI is InChI=1S/C28H46N5O17P3S4/c1-28(2,9-13-43-3)57-56-17-44-11-5-6-12-45-27(35)30-10-7-8-19-15-33(24-23(19)25(34)32-26(29)31-24)22-14-20(46-18-55-54-4)21(48-22)16-47-52(39,40)50-53(41,42)49-51(36,37)38/h15,20-22H,5-6,9-14,16-18H2,1-4H3,(H,30,35)(H,39,40)(H,41,42)(H2,36,37,38)(H3,29,31,32,34)/t20-,21+,22+/m0/s1. The summed E-state index contributed by atoms with van der Waals surface area (Å²) in [5.74, 6) is 6.04. The van der Waals surface area contributed by atoms with Crippen molar-refractivity contribution in [1.29, 1.82) is 0 Å². The first kappa shape index (κ1) is 50.1. The number of phosphoric ester groups is 1. The van der Waals surface area contributed by atoms with E-state index in [9.17, 15) is 33.1 Å². The number of amides is 1. The average Bonchev–Trinajstić information content (AvgIpc) is 3.67. The van der Waals surface area contributed by atoms with Gasteiger partial charge in [-0.3, -0.25) is 14.3 Å². The first-order valence-electron chi connectivity index (χ1n) is 16.6. The molecule has 2 unspecified atom stereocenters. The molecule has 22 nitrogen and oxygen atoms in total. The number of aromatic nitrogens is 3. The number of alkyl carbamates (subject to hydrolysis) is 1. The maximum Gasteiger partial charge on any atom is 0.490 e. The number of anilines is 1. The van der Waals surface area contributed by atoms with Gasteiger partial charge in [0.1, 0.15) is 24.2 Å². The third-order valence-electron chi connectivity index (χ3n) is 7.24. The van der Waals surface area contributed by atoms with E-state index < -0.39 is 60.2 Å². The van der Waals surface area contributed by atoms with Crippen LogP contribution in [0, 0.1) is 11.8 Å². The van der Waals surface area contributed by atoms with Gasteiger partial charge in [0.15, 0.2) is 5.65 Å². The molecule has 1 saturated heterocycles. The number of fused-ring (bicyclic) bond motifs is 1. The Labute approximate surface area is 343 Å². The molecular weight excluding hydrogens is 900 g/mol. The van der Waals surface area contributed by atoms with Crippen molar-refractivity contribution < 1.29 is 74.9 Å². The number of unbranched alkanes of at least 4 members (excludes halogenated alkanes) is 1. The first-order valence-corrected chi connectivity index (χ1v) is 26.2. The van der Waals surface area contributed by atoms with Gasteiger partial charge in [-0.25, -0.2) is 18.5 Å². The van der Waals surface area contributed by atoms with Crippen LogP contribution >= 0.6 is 66.6 Å². The van der Waals surface area contributed by atoms with Gasteiger partial charge in [-0.1, -0.05) is 55.0 Å². The van der Waals surface area contributed by atoms with Gasteiger partial charge in [-0.2, -0.15) is 13.6 Å². The van der Waals surface area contributed by atoms with Crippen LogP contribution in [-0.2, 0) is 50.5 Å². The number of nitrogens with zero attached hydrogens (tertiary/aromatic N) is 2. The highest BCUT2D eigenvalue weighted by molar-refractivity contribution is 8.77. The second-order valence-electron chi connectivity index (χ2n) is 12.2. The van der Waals surface area contributed by atoms with Gasteiger partial charge >= 0.3 is 29.6 Å². The van der Waals surface area contributed by atoms with E-state index in [4.69, 9.17) is 43.7 Å². The number of carbonyl (C=O) groups excluding carboxylic acids is 1. The third kappa shape index (κ3) is 18.5. The van der Waals surface area contributed by atoms with E-state index in [1.807, 2.05) is 6.26 Å². The normalized spacial score (nSPS) is 19.5. The molecule has 324 valence electrons. The summed E-state index contributed by atoms with van der Waals surface area (Å²) < 4.78 is 76.9. The lowest BCUT2D eigenvalue weighted by atomic mass is 10.1. The number of methoxy groups -OCH3 is 1. The highest BCUT2D eigenvalue weighted by atomic mass is 33.1. The lowest BCUT2D eigenvalue weighted by molar-refractivity contribution is -0.0520. The number of hydrogen-bond acceptors (Lipinski definition) is 19. The van der Waals surface area contributed by atoms with Crippen molar-refractivity contribution in [3.8, 4) is 11.8 Å². The number of carbonyl (C=O) groups is 1. The fourth-order valence-corrected chi connectivity index (χ4v) is 10.8. The molecule has 0 bridgehead atoms. The van der Waals surface area contributed by atoms with Crippen LogP contribution in [0.5, 0.6) is 0 Å². The van der Waals surface area contributed by atoms with Crippen LogP contribution in [0.1, 0.15) is 51.3 Å². The molecular formula is C28H46N5O17P3S4. The third-order valence-corrected chi connectivity index (χ3v) is 15.5. The zero-order valence-corrected chi connectivity index (χ0v) is 37.1. The molecule has 0 radical (unpaired) electrons. The Morgan fingerprint density at radius 3 is 2.56 bits per heavy atom.